The van der Waals surface area contributed by atoms with Crippen LogP contribution in [0.5, 0.6) is 0 Å². The zero-order chi connectivity index (χ0) is 13.7. The molecule has 106 valence electrons. The number of aliphatic hydroxyl groups is 1. The Kier molecular flexibility index (Phi) is 5.20. The molecule has 4 heteroatoms. The van der Waals surface area contributed by atoms with Gasteiger partial charge in [-0.05, 0) is 30.5 Å². The lowest BCUT2D eigenvalue weighted by molar-refractivity contribution is 0.0250. The van der Waals surface area contributed by atoms with Gasteiger partial charge in [0, 0.05) is 18.1 Å². The van der Waals surface area contributed by atoms with E-state index < -0.39 is 5.60 Å². The molecule has 1 aliphatic carbocycles. The molecular formula is C15H21ClFNO. The van der Waals surface area contributed by atoms with E-state index in [0.29, 0.717) is 18.1 Å². The van der Waals surface area contributed by atoms with E-state index in [2.05, 4.69) is 5.32 Å². The second kappa shape index (κ2) is 6.69. The molecule has 2 nitrogen and oxygen atoms in total. The summed E-state index contributed by atoms with van der Waals surface area (Å²) in [5.74, 6) is -0.323. The minimum atomic E-state index is -0.594. The van der Waals surface area contributed by atoms with Crippen molar-refractivity contribution in [2.45, 2.75) is 50.7 Å². The van der Waals surface area contributed by atoms with Crippen molar-refractivity contribution in [3.63, 3.8) is 0 Å². The van der Waals surface area contributed by atoms with Crippen LogP contribution >= 0.6 is 11.6 Å². The third-order valence-electron chi connectivity index (χ3n) is 3.82. The highest BCUT2D eigenvalue weighted by atomic mass is 35.5. The molecule has 0 heterocycles. The molecule has 0 bridgehead atoms. The van der Waals surface area contributed by atoms with Crippen LogP contribution in [0, 0.1) is 5.82 Å². The molecule has 2 N–H and O–H groups in total. The van der Waals surface area contributed by atoms with Crippen LogP contribution in [0.3, 0.4) is 0 Å². The summed E-state index contributed by atoms with van der Waals surface area (Å²) in [5, 5.41) is 14.2. The van der Waals surface area contributed by atoms with Gasteiger partial charge < -0.3 is 10.4 Å². The molecule has 19 heavy (non-hydrogen) atoms. The maximum atomic E-state index is 12.9. The second-order valence-electron chi connectivity index (χ2n) is 5.48. The maximum Gasteiger partial charge on any atom is 0.124 e. The zero-order valence-electron chi connectivity index (χ0n) is 11.1. The third-order valence-corrected chi connectivity index (χ3v) is 4.17. The van der Waals surface area contributed by atoms with Crippen LogP contribution in [-0.2, 0) is 6.54 Å². The van der Waals surface area contributed by atoms with Crippen LogP contribution in [0.25, 0.3) is 0 Å². The van der Waals surface area contributed by atoms with E-state index in [1.807, 2.05) is 0 Å². The molecule has 1 aromatic carbocycles. The van der Waals surface area contributed by atoms with Gasteiger partial charge in [-0.2, -0.15) is 0 Å². The number of hydrogen-bond acceptors (Lipinski definition) is 2. The number of hydrogen-bond donors (Lipinski definition) is 2. The summed E-state index contributed by atoms with van der Waals surface area (Å²) >= 11 is 5.97. The Morgan fingerprint density at radius 3 is 2.53 bits per heavy atom. The molecule has 1 aromatic rings. The van der Waals surface area contributed by atoms with E-state index in [4.69, 9.17) is 11.6 Å². The first-order valence-corrected chi connectivity index (χ1v) is 7.34. The van der Waals surface area contributed by atoms with E-state index in [9.17, 15) is 9.50 Å². The van der Waals surface area contributed by atoms with Crippen molar-refractivity contribution in [2.24, 2.45) is 0 Å². The summed E-state index contributed by atoms with van der Waals surface area (Å²) in [6.45, 7) is 1.13. The Labute approximate surface area is 119 Å². The second-order valence-corrected chi connectivity index (χ2v) is 5.89. The highest BCUT2D eigenvalue weighted by Crippen LogP contribution is 2.26. The highest BCUT2D eigenvalue weighted by Gasteiger charge is 2.27. The Bertz CT molecular complexity index is 417. The first-order valence-electron chi connectivity index (χ1n) is 6.96. The van der Waals surface area contributed by atoms with Gasteiger partial charge in [-0.1, -0.05) is 43.4 Å². The van der Waals surface area contributed by atoms with E-state index in [1.165, 1.54) is 25.0 Å². The lowest BCUT2D eigenvalue weighted by Gasteiger charge is -2.27. The quantitative estimate of drug-likeness (QED) is 0.828. The Morgan fingerprint density at radius 2 is 1.89 bits per heavy atom. The Hall–Kier alpha value is -0.640. The minimum absolute atomic E-state index is 0.323. The molecule has 0 atom stereocenters. The average molecular weight is 286 g/mol. The monoisotopic (exact) mass is 285 g/mol. The van der Waals surface area contributed by atoms with Crippen molar-refractivity contribution < 1.29 is 9.50 Å². The number of halogens is 2. The summed E-state index contributed by atoms with van der Waals surface area (Å²) in [7, 11) is 0. The van der Waals surface area contributed by atoms with Crippen LogP contribution in [0.15, 0.2) is 18.2 Å². The predicted molar refractivity (Wildman–Crippen MR) is 75.8 cm³/mol. The minimum Gasteiger partial charge on any atom is -0.389 e. The first kappa shape index (κ1) is 14.8. The van der Waals surface area contributed by atoms with Crippen molar-refractivity contribution in [3.05, 3.63) is 34.6 Å². The molecule has 1 fully saturated rings. The highest BCUT2D eigenvalue weighted by molar-refractivity contribution is 6.31. The number of rotatable bonds is 4. The molecule has 0 saturated heterocycles. The van der Waals surface area contributed by atoms with Crippen molar-refractivity contribution in [2.75, 3.05) is 6.54 Å². The summed E-state index contributed by atoms with van der Waals surface area (Å²) in [6.07, 6.45) is 6.33. The molecule has 0 unspecified atom stereocenters. The van der Waals surface area contributed by atoms with Gasteiger partial charge in [0.2, 0.25) is 0 Å². The predicted octanol–water partition coefficient (Wildman–Crippen LogP) is 3.65. The van der Waals surface area contributed by atoms with Gasteiger partial charge in [-0.3, -0.25) is 0 Å². The summed E-state index contributed by atoms with van der Waals surface area (Å²) in [5.41, 5.74) is 0.267. The van der Waals surface area contributed by atoms with Crippen LogP contribution in [0.4, 0.5) is 4.39 Å². The van der Waals surface area contributed by atoms with Crippen LogP contribution in [0.2, 0.25) is 5.02 Å². The SMILES string of the molecule is OC1(CNCc2ccc(F)cc2Cl)CCCCCC1. The van der Waals surface area contributed by atoms with E-state index >= 15 is 0 Å². The van der Waals surface area contributed by atoms with E-state index in [-0.39, 0.29) is 5.82 Å². The lowest BCUT2D eigenvalue weighted by atomic mass is 9.94. The summed E-state index contributed by atoms with van der Waals surface area (Å²) < 4.78 is 12.9. The molecule has 0 aromatic heterocycles. The van der Waals surface area contributed by atoms with E-state index in [1.54, 1.807) is 6.07 Å². The third kappa shape index (κ3) is 4.44. The number of nitrogens with one attached hydrogen (secondary N) is 1. The molecular weight excluding hydrogens is 265 g/mol. The van der Waals surface area contributed by atoms with Crippen molar-refractivity contribution >= 4 is 11.6 Å². The average Bonchev–Trinajstić information content (AvgIpc) is 2.57. The largest absolute Gasteiger partial charge is 0.389 e. The van der Waals surface area contributed by atoms with Crippen LogP contribution in [-0.4, -0.2) is 17.3 Å². The number of benzene rings is 1. The summed E-state index contributed by atoms with van der Waals surface area (Å²) in [4.78, 5) is 0. The lowest BCUT2D eigenvalue weighted by Crippen LogP contribution is -2.39. The van der Waals surface area contributed by atoms with Crippen molar-refractivity contribution in [1.82, 2.24) is 5.32 Å². The standard InChI is InChI=1S/C15H21ClFNO/c16-14-9-13(17)6-5-12(14)10-18-11-15(19)7-3-1-2-4-8-15/h5-6,9,18-19H,1-4,7-8,10-11H2. The molecule has 0 spiro atoms. The fourth-order valence-electron chi connectivity index (χ4n) is 2.66. The van der Waals surface area contributed by atoms with Gasteiger partial charge in [-0.25, -0.2) is 4.39 Å². The van der Waals surface area contributed by atoms with Gasteiger partial charge in [-0.15, -0.1) is 0 Å². The van der Waals surface area contributed by atoms with Crippen molar-refractivity contribution in [1.29, 1.82) is 0 Å². The Morgan fingerprint density at radius 1 is 1.21 bits per heavy atom. The molecule has 0 radical (unpaired) electrons. The fourth-order valence-corrected chi connectivity index (χ4v) is 2.89. The molecule has 0 aliphatic heterocycles. The smallest absolute Gasteiger partial charge is 0.124 e. The summed E-state index contributed by atoms with van der Waals surface area (Å²) in [6, 6.07) is 4.41. The van der Waals surface area contributed by atoms with Crippen LogP contribution in [0.1, 0.15) is 44.1 Å². The fraction of sp³-hybridized carbons (Fsp3) is 0.600. The Balaban J connectivity index is 1.85. The normalized spacial score (nSPS) is 19.1. The van der Waals surface area contributed by atoms with Crippen molar-refractivity contribution in [3.8, 4) is 0 Å². The maximum absolute atomic E-state index is 12.9. The van der Waals surface area contributed by atoms with Gasteiger partial charge in [0.15, 0.2) is 0 Å². The van der Waals surface area contributed by atoms with Gasteiger partial charge >= 0.3 is 0 Å². The zero-order valence-corrected chi connectivity index (χ0v) is 11.8. The topological polar surface area (TPSA) is 32.3 Å². The molecule has 2 rings (SSSR count). The van der Waals surface area contributed by atoms with Gasteiger partial charge in [0.25, 0.3) is 0 Å². The molecule has 1 aliphatic rings. The molecule has 1 saturated carbocycles. The first-order chi connectivity index (χ1) is 9.09. The molecule has 0 amide bonds. The van der Waals surface area contributed by atoms with E-state index in [0.717, 1.165) is 31.2 Å². The van der Waals surface area contributed by atoms with Gasteiger partial charge in [0.05, 0.1) is 5.60 Å². The van der Waals surface area contributed by atoms with Gasteiger partial charge in [0.1, 0.15) is 5.82 Å². The van der Waals surface area contributed by atoms with Crippen LogP contribution < -0.4 is 5.32 Å².